The topological polar surface area (TPSA) is 133 Å². The van der Waals surface area contributed by atoms with Crippen LogP contribution >= 0.6 is 0 Å². The van der Waals surface area contributed by atoms with Gasteiger partial charge in [0.25, 0.3) is 0 Å². The molecule has 1 heterocycles. The van der Waals surface area contributed by atoms with Crippen molar-refractivity contribution in [1.29, 1.82) is 0 Å². The predicted molar refractivity (Wildman–Crippen MR) is 208 cm³/mol. The van der Waals surface area contributed by atoms with E-state index in [1.54, 1.807) is 12.1 Å². The summed E-state index contributed by atoms with van der Waals surface area (Å²) < 4.78 is 12.9. The number of hydrogen-bond acceptors (Lipinski definition) is 6. The van der Waals surface area contributed by atoms with Crippen molar-refractivity contribution in [2.24, 2.45) is 0 Å². The number of hydrogen-bond donors (Lipinski definition) is 5. The molecular weight excluding hydrogens is 659 g/mol. The van der Waals surface area contributed by atoms with Crippen LogP contribution in [0, 0.1) is 0 Å². The first kappa shape index (κ1) is 37.1. The molecule has 10 heteroatoms. The number of phenolic OH excluding ortho intramolecular Hbond substituents is 1. The molecule has 0 unspecified atom stereocenters. The summed E-state index contributed by atoms with van der Waals surface area (Å²) in [4.78, 5) is 26.2. The van der Waals surface area contributed by atoms with Crippen molar-refractivity contribution < 1.29 is 24.2 Å². The summed E-state index contributed by atoms with van der Waals surface area (Å²) in [5, 5.41) is 26.6. The summed E-state index contributed by atoms with van der Waals surface area (Å²) in [6.45, 7) is 12.7. The number of pyridine rings is 1. The quantitative estimate of drug-likeness (QED) is 0.0575. The number of phenols is 1. The van der Waals surface area contributed by atoms with Gasteiger partial charge in [-0.3, -0.25) is 10.1 Å². The average molecular weight is 706 g/mol. The van der Waals surface area contributed by atoms with E-state index in [0.717, 1.165) is 39.0 Å². The van der Waals surface area contributed by atoms with Crippen molar-refractivity contribution in [3.05, 3.63) is 130 Å². The van der Waals surface area contributed by atoms with Gasteiger partial charge >= 0.3 is 6.09 Å². The SMILES string of the molecule is CC(C)(C)[Si](C)(C)O[C@@H](CNCc1ccc(OCC/C=C/c2ccc(-c3ccccc3)c(NC(=O)O)c2)cc1)c1ccc(O)c2[nH]c(=O)ccc12. The van der Waals surface area contributed by atoms with Crippen molar-refractivity contribution >= 4 is 37.1 Å². The molecule has 5 aromatic rings. The number of fused-ring (bicyclic) bond motifs is 1. The Hall–Kier alpha value is -5.16. The summed E-state index contributed by atoms with van der Waals surface area (Å²) in [5.74, 6) is 0.803. The first-order valence-corrected chi connectivity index (χ1v) is 20.0. The van der Waals surface area contributed by atoms with E-state index in [4.69, 9.17) is 9.16 Å². The molecule has 1 aromatic heterocycles. The second-order valence-electron chi connectivity index (χ2n) is 14.1. The van der Waals surface area contributed by atoms with Gasteiger partial charge in [-0.1, -0.05) is 93.6 Å². The highest BCUT2D eigenvalue weighted by Gasteiger charge is 2.39. The fraction of sp³-hybridized carbons (Fsp3) is 0.268. The molecule has 0 saturated heterocycles. The molecule has 4 aromatic carbocycles. The van der Waals surface area contributed by atoms with E-state index in [9.17, 15) is 19.8 Å². The van der Waals surface area contributed by atoms with Gasteiger partial charge in [-0.25, -0.2) is 4.79 Å². The molecule has 9 nitrogen and oxygen atoms in total. The maximum absolute atomic E-state index is 12.0. The normalized spacial score (nSPS) is 12.6. The number of rotatable bonds is 14. The minimum atomic E-state index is -2.18. The van der Waals surface area contributed by atoms with E-state index < -0.39 is 14.4 Å². The molecule has 0 saturated carbocycles. The summed E-state index contributed by atoms with van der Waals surface area (Å²) in [6.07, 6.45) is 3.25. The van der Waals surface area contributed by atoms with Crippen LogP contribution in [0.1, 0.15) is 50.0 Å². The lowest BCUT2D eigenvalue weighted by Gasteiger charge is -2.39. The number of aromatic amines is 1. The smallest absolute Gasteiger partial charge is 0.409 e. The minimum Gasteiger partial charge on any atom is -0.506 e. The zero-order chi connectivity index (χ0) is 36.6. The molecule has 5 N–H and O–H groups in total. The lowest BCUT2D eigenvalue weighted by Crippen LogP contribution is -2.43. The van der Waals surface area contributed by atoms with Crippen LogP contribution in [-0.2, 0) is 11.0 Å². The zero-order valence-electron chi connectivity index (χ0n) is 29.8. The van der Waals surface area contributed by atoms with Crippen molar-refractivity contribution in [1.82, 2.24) is 10.3 Å². The molecule has 0 spiro atoms. The number of H-pyrrole nitrogens is 1. The third-order valence-corrected chi connectivity index (χ3v) is 13.8. The van der Waals surface area contributed by atoms with Gasteiger partial charge in [0, 0.05) is 30.1 Å². The average Bonchev–Trinajstić information content (AvgIpc) is 3.08. The van der Waals surface area contributed by atoms with Crippen molar-refractivity contribution in [3.63, 3.8) is 0 Å². The first-order chi connectivity index (χ1) is 24.3. The number of nitrogens with one attached hydrogen (secondary N) is 3. The number of aromatic nitrogens is 1. The Kier molecular flexibility index (Phi) is 11.8. The standard InChI is InChI=1S/C41H47N3O6Si/c1-41(2,3)51(4,5)50-37(33-20-22-36(45)39-34(33)21-23-38(46)44-39)27-42-26-29-14-17-31(18-15-29)49-24-10-9-11-28-16-19-32(30-12-7-6-8-13-30)35(25-28)43-40(47)48/h6-9,11-23,25,37,42-43,45H,10,24,26-27H2,1-5H3,(H,44,46)(H,47,48)/b11-9+/t37-/m0/s1. The number of carboxylic acid groups (broad SMARTS) is 1. The third kappa shape index (κ3) is 9.76. The van der Waals surface area contributed by atoms with Gasteiger partial charge in [-0.15, -0.1) is 0 Å². The lowest BCUT2D eigenvalue weighted by molar-refractivity contribution is 0.181. The summed E-state index contributed by atoms with van der Waals surface area (Å²) in [5.41, 5.74) is 5.33. The molecule has 0 aliphatic heterocycles. The largest absolute Gasteiger partial charge is 0.506 e. The lowest BCUT2D eigenvalue weighted by atomic mass is 10.0. The van der Waals surface area contributed by atoms with Gasteiger partial charge in [0.2, 0.25) is 5.56 Å². The van der Waals surface area contributed by atoms with Gasteiger partial charge in [0.1, 0.15) is 11.5 Å². The molecule has 0 fully saturated rings. The van der Waals surface area contributed by atoms with Crippen molar-refractivity contribution in [2.75, 3.05) is 18.5 Å². The molecule has 1 amide bonds. The molecule has 5 rings (SSSR count). The molecule has 51 heavy (non-hydrogen) atoms. The Labute approximate surface area is 300 Å². The molecule has 1 atom stereocenters. The number of carbonyl (C=O) groups is 1. The number of amides is 1. The highest BCUT2D eigenvalue weighted by molar-refractivity contribution is 6.74. The second-order valence-corrected chi connectivity index (χ2v) is 18.8. The predicted octanol–water partition coefficient (Wildman–Crippen LogP) is 9.33. The monoisotopic (exact) mass is 705 g/mol. The summed E-state index contributed by atoms with van der Waals surface area (Å²) >= 11 is 0. The molecular formula is C41H47N3O6Si. The Morgan fingerprint density at radius 2 is 1.71 bits per heavy atom. The van der Waals surface area contributed by atoms with Crippen molar-refractivity contribution in [3.8, 4) is 22.6 Å². The maximum Gasteiger partial charge on any atom is 0.409 e. The van der Waals surface area contributed by atoms with Crippen molar-refractivity contribution in [2.45, 2.75) is 58.0 Å². The Bertz CT molecular complexity index is 2040. The number of aromatic hydroxyl groups is 1. The van der Waals surface area contributed by atoms with Crippen LogP contribution < -0.4 is 20.9 Å². The zero-order valence-corrected chi connectivity index (χ0v) is 30.8. The summed E-state index contributed by atoms with van der Waals surface area (Å²) in [7, 11) is -2.18. The van der Waals surface area contributed by atoms with E-state index in [-0.39, 0.29) is 22.5 Å². The van der Waals surface area contributed by atoms with Gasteiger partial charge in [0.05, 0.1) is 23.9 Å². The molecule has 0 radical (unpaired) electrons. The second kappa shape index (κ2) is 16.2. The van der Waals surface area contributed by atoms with E-state index in [1.165, 1.54) is 6.07 Å². The van der Waals surface area contributed by atoms with Gasteiger partial charge < -0.3 is 29.7 Å². The number of ether oxygens (including phenoxy) is 1. The van der Waals surface area contributed by atoms with Gasteiger partial charge in [0.15, 0.2) is 8.32 Å². The van der Waals surface area contributed by atoms with E-state index in [0.29, 0.717) is 37.3 Å². The molecule has 0 aliphatic carbocycles. The highest BCUT2D eigenvalue weighted by atomic mass is 28.4. The van der Waals surface area contributed by atoms with Crippen LogP contribution in [-0.4, -0.2) is 42.8 Å². The van der Waals surface area contributed by atoms with Crippen LogP contribution in [0.2, 0.25) is 18.1 Å². The maximum atomic E-state index is 12.0. The molecule has 0 aliphatic rings. The van der Waals surface area contributed by atoms with E-state index in [1.807, 2.05) is 91.0 Å². The number of anilines is 1. The molecule has 0 bridgehead atoms. The van der Waals surface area contributed by atoms with E-state index >= 15 is 0 Å². The van der Waals surface area contributed by atoms with E-state index in [2.05, 4.69) is 49.5 Å². The highest BCUT2D eigenvalue weighted by Crippen LogP contribution is 2.41. The Balaban J connectivity index is 1.17. The van der Waals surface area contributed by atoms with Crippen LogP contribution in [0.4, 0.5) is 10.5 Å². The fourth-order valence-electron chi connectivity index (χ4n) is 5.56. The number of benzene rings is 4. The Morgan fingerprint density at radius 1 is 0.961 bits per heavy atom. The summed E-state index contributed by atoms with van der Waals surface area (Å²) in [6, 6.07) is 30.1. The van der Waals surface area contributed by atoms with Crippen LogP contribution in [0.15, 0.2) is 108 Å². The van der Waals surface area contributed by atoms with Crippen LogP contribution in [0.5, 0.6) is 11.5 Å². The Morgan fingerprint density at radius 3 is 2.41 bits per heavy atom. The fourth-order valence-corrected chi connectivity index (χ4v) is 6.83. The van der Waals surface area contributed by atoms with Gasteiger partial charge in [-0.2, -0.15) is 0 Å². The van der Waals surface area contributed by atoms with Crippen LogP contribution in [0.25, 0.3) is 28.1 Å². The first-order valence-electron chi connectivity index (χ1n) is 17.1. The third-order valence-electron chi connectivity index (χ3n) is 9.31. The van der Waals surface area contributed by atoms with Crippen LogP contribution in [0.3, 0.4) is 0 Å². The van der Waals surface area contributed by atoms with Gasteiger partial charge in [-0.05, 0) is 77.1 Å². The minimum absolute atomic E-state index is 0.00495. The molecule has 266 valence electrons.